The second-order valence-electron chi connectivity index (χ2n) is 5.69. The first-order valence-electron chi connectivity index (χ1n) is 5.97. The minimum Gasteiger partial charge on any atom is -0.323 e. The second kappa shape index (κ2) is 5.82. The van der Waals surface area contributed by atoms with Crippen LogP contribution in [0.5, 0.6) is 0 Å². The van der Waals surface area contributed by atoms with Gasteiger partial charge in [0.25, 0.3) is 0 Å². The Morgan fingerprint density at radius 1 is 1.22 bits per heavy atom. The first-order valence-corrected chi connectivity index (χ1v) is 7.63. The monoisotopic (exact) mass is 270 g/mol. The van der Waals surface area contributed by atoms with Gasteiger partial charge in [0.1, 0.15) is 0 Å². The Hall–Kier alpha value is -0.910. The lowest BCUT2D eigenvalue weighted by molar-refractivity contribution is 0.457. The molecule has 1 aromatic rings. The van der Waals surface area contributed by atoms with Crippen molar-refractivity contribution in [1.82, 2.24) is 4.72 Å². The lowest BCUT2D eigenvalue weighted by Gasteiger charge is -2.19. The zero-order valence-electron chi connectivity index (χ0n) is 11.2. The van der Waals surface area contributed by atoms with Gasteiger partial charge in [0.15, 0.2) is 0 Å². The number of hydrogen-bond acceptors (Lipinski definition) is 3. The molecular weight excluding hydrogens is 248 g/mol. The molecule has 0 aliphatic heterocycles. The van der Waals surface area contributed by atoms with Gasteiger partial charge in [0.05, 0.1) is 5.75 Å². The molecule has 5 heteroatoms. The number of benzene rings is 1. The van der Waals surface area contributed by atoms with Gasteiger partial charge in [-0.25, -0.2) is 13.1 Å². The van der Waals surface area contributed by atoms with Gasteiger partial charge in [-0.15, -0.1) is 0 Å². The number of hydrogen-bond donors (Lipinski definition) is 2. The molecule has 0 radical (unpaired) electrons. The van der Waals surface area contributed by atoms with Crippen molar-refractivity contribution in [1.29, 1.82) is 0 Å². The number of nitrogens with one attached hydrogen (secondary N) is 1. The quantitative estimate of drug-likeness (QED) is 0.854. The minimum atomic E-state index is -3.27. The van der Waals surface area contributed by atoms with Crippen molar-refractivity contribution in [3.8, 4) is 0 Å². The summed E-state index contributed by atoms with van der Waals surface area (Å²) in [5.74, 6) is 0.0987. The van der Waals surface area contributed by atoms with Crippen LogP contribution >= 0.6 is 0 Å². The van der Waals surface area contributed by atoms with Gasteiger partial charge in [0, 0.05) is 12.6 Å². The van der Waals surface area contributed by atoms with Crippen molar-refractivity contribution in [2.24, 2.45) is 11.1 Å². The SMILES string of the molecule is CC(C)(C)CS(=O)(=O)NCC(N)c1ccccc1. The summed E-state index contributed by atoms with van der Waals surface area (Å²) in [6, 6.07) is 9.14. The van der Waals surface area contributed by atoms with E-state index in [2.05, 4.69) is 4.72 Å². The molecule has 18 heavy (non-hydrogen) atoms. The number of rotatable bonds is 5. The summed E-state index contributed by atoms with van der Waals surface area (Å²) in [4.78, 5) is 0. The molecule has 0 saturated heterocycles. The van der Waals surface area contributed by atoms with Crippen molar-refractivity contribution in [2.45, 2.75) is 26.8 Å². The highest BCUT2D eigenvalue weighted by molar-refractivity contribution is 7.89. The Kier molecular flexibility index (Phi) is 4.90. The summed E-state index contributed by atoms with van der Waals surface area (Å²) in [5, 5.41) is 0. The van der Waals surface area contributed by atoms with Crippen LogP contribution in [0.15, 0.2) is 30.3 Å². The van der Waals surface area contributed by atoms with E-state index >= 15 is 0 Å². The maximum Gasteiger partial charge on any atom is 0.212 e. The zero-order valence-corrected chi connectivity index (χ0v) is 12.0. The minimum absolute atomic E-state index is 0.0987. The molecule has 0 fully saturated rings. The molecular formula is C13H22N2O2S. The largest absolute Gasteiger partial charge is 0.323 e. The topological polar surface area (TPSA) is 72.2 Å². The second-order valence-corrected chi connectivity index (χ2v) is 7.49. The standard InChI is InChI=1S/C13H22N2O2S/c1-13(2,3)10-18(16,17)15-9-12(14)11-7-5-4-6-8-11/h4-8,12,15H,9-10,14H2,1-3H3. The van der Waals surface area contributed by atoms with Crippen molar-refractivity contribution in [2.75, 3.05) is 12.3 Å². The van der Waals surface area contributed by atoms with Crippen LogP contribution < -0.4 is 10.5 Å². The average Bonchev–Trinajstić information content (AvgIpc) is 2.24. The molecule has 1 unspecified atom stereocenters. The Morgan fingerprint density at radius 2 is 1.78 bits per heavy atom. The van der Waals surface area contributed by atoms with Gasteiger partial charge in [-0.05, 0) is 11.0 Å². The number of nitrogens with two attached hydrogens (primary N) is 1. The summed E-state index contributed by atoms with van der Waals surface area (Å²) in [7, 11) is -3.27. The van der Waals surface area contributed by atoms with Crippen molar-refractivity contribution < 1.29 is 8.42 Å². The summed E-state index contributed by atoms with van der Waals surface area (Å²) < 4.78 is 26.2. The third-order valence-corrected chi connectivity index (χ3v) is 4.23. The predicted molar refractivity (Wildman–Crippen MR) is 74.6 cm³/mol. The van der Waals surface area contributed by atoms with E-state index in [1.807, 2.05) is 51.1 Å². The van der Waals surface area contributed by atoms with Crippen LogP contribution in [0, 0.1) is 5.41 Å². The van der Waals surface area contributed by atoms with Crippen LogP contribution in [0.1, 0.15) is 32.4 Å². The lowest BCUT2D eigenvalue weighted by Crippen LogP contribution is -2.36. The van der Waals surface area contributed by atoms with Crippen LogP contribution in [0.4, 0.5) is 0 Å². The Labute approximate surface area is 110 Å². The van der Waals surface area contributed by atoms with Gasteiger partial charge >= 0.3 is 0 Å². The van der Waals surface area contributed by atoms with E-state index in [9.17, 15) is 8.42 Å². The molecule has 1 rings (SSSR count). The maximum absolute atomic E-state index is 11.8. The van der Waals surface area contributed by atoms with Crippen LogP contribution in [-0.2, 0) is 10.0 Å². The van der Waals surface area contributed by atoms with Gasteiger partial charge in [-0.1, -0.05) is 51.1 Å². The van der Waals surface area contributed by atoms with E-state index in [0.29, 0.717) is 0 Å². The van der Waals surface area contributed by atoms with Crippen LogP contribution in [0.2, 0.25) is 0 Å². The van der Waals surface area contributed by atoms with E-state index in [0.717, 1.165) is 5.56 Å². The number of sulfonamides is 1. The van der Waals surface area contributed by atoms with Gasteiger partial charge in [-0.3, -0.25) is 0 Å². The van der Waals surface area contributed by atoms with Gasteiger partial charge in [0.2, 0.25) is 10.0 Å². The van der Waals surface area contributed by atoms with Crippen molar-refractivity contribution in [3.63, 3.8) is 0 Å². The maximum atomic E-state index is 11.8. The predicted octanol–water partition coefficient (Wildman–Crippen LogP) is 1.65. The third-order valence-electron chi connectivity index (χ3n) is 2.37. The summed E-state index contributed by atoms with van der Waals surface area (Å²) >= 11 is 0. The highest BCUT2D eigenvalue weighted by atomic mass is 32.2. The Bertz CT molecular complexity index is 464. The Balaban J connectivity index is 2.56. The first-order chi connectivity index (χ1) is 8.20. The fourth-order valence-electron chi connectivity index (χ4n) is 1.66. The average molecular weight is 270 g/mol. The lowest BCUT2D eigenvalue weighted by atomic mass is 10.0. The van der Waals surface area contributed by atoms with E-state index < -0.39 is 10.0 Å². The Morgan fingerprint density at radius 3 is 2.28 bits per heavy atom. The molecule has 1 atom stereocenters. The molecule has 102 valence electrons. The fraction of sp³-hybridized carbons (Fsp3) is 0.538. The molecule has 4 nitrogen and oxygen atoms in total. The fourth-order valence-corrected chi connectivity index (χ4v) is 3.33. The molecule has 0 bridgehead atoms. The molecule has 0 aliphatic carbocycles. The molecule has 0 spiro atoms. The molecule has 0 amide bonds. The van der Waals surface area contributed by atoms with Crippen molar-refractivity contribution in [3.05, 3.63) is 35.9 Å². The van der Waals surface area contributed by atoms with E-state index in [4.69, 9.17) is 5.73 Å². The zero-order chi connectivity index (χ0) is 13.8. The van der Waals surface area contributed by atoms with E-state index in [1.165, 1.54) is 0 Å². The first kappa shape index (κ1) is 15.1. The van der Waals surface area contributed by atoms with Gasteiger partial charge in [-0.2, -0.15) is 0 Å². The van der Waals surface area contributed by atoms with Gasteiger partial charge < -0.3 is 5.73 Å². The molecule has 0 aromatic heterocycles. The summed E-state index contributed by atoms with van der Waals surface area (Å²) in [6.45, 7) is 5.90. The normalized spacial score (nSPS) is 14.4. The molecule has 0 aliphatic rings. The van der Waals surface area contributed by atoms with Crippen LogP contribution in [0.3, 0.4) is 0 Å². The smallest absolute Gasteiger partial charge is 0.212 e. The van der Waals surface area contributed by atoms with Crippen LogP contribution in [-0.4, -0.2) is 20.7 Å². The molecule has 0 heterocycles. The third kappa shape index (κ3) is 5.62. The van der Waals surface area contributed by atoms with E-state index in [1.54, 1.807) is 0 Å². The van der Waals surface area contributed by atoms with Crippen molar-refractivity contribution >= 4 is 10.0 Å². The highest BCUT2D eigenvalue weighted by Gasteiger charge is 2.21. The molecule has 3 N–H and O–H groups in total. The molecule has 0 saturated carbocycles. The van der Waals surface area contributed by atoms with Crippen LogP contribution in [0.25, 0.3) is 0 Å². The molecule has 1 aromatic carbocycles. The van der Waals surface area contributed by atoms with E-state index in [-0.39, 0.29) is 23.8 Å². The highest BCUT2D eigenvalue weighted by Crippen LogP contribution is 2.16. The summed E-state index contributed by atoms with van der Waals surface area (Å²) in [6.07, 6.45) is 0. The summed E-state index contributed by atoms with van der Waals surface area (Å²) in [5.41, 5.74) is 6.60.